The summed E-state index contributed by atoms with van der Waals surface area (Å²) in [5.41, 5.74) is -0.168. The molecule has 10 heteroatoms. The van der Waals surface area contributed by atoms with Crippen molar-refractivity contribution in [3.8, 4) is 0 Å². The molecule has 5 nitrogen and oxygen atoms in total. The lowest BCUT2D eigenvalue weighted by Gasteiger charge is -2.11. The first-order chi connectivity index (χ1) is 9.74. The van der Waals surface area contributed by atoms with Crippen molar-refractivity contribution in [1.29, 1.82) is 0 Å². The van der Waals surface area contributed by atoms with Crippen molar-refractivity contribution in [2.24, 2.45) is 0 Å². The van der Waals surface area contributed by atoms with E-state index in [0.717, 1.165) is 10.8 Å². The van der Waals surface area contributed by atoms with E-state index in [0.29, 0.717) is 0 Å². The fourth-order valence-electron chi connectivity index (χ4n) is 1.59. The largest absolute Gasteiger partial charge is 0.406 e. The van der Waals surface area contributed by atoms with Gasteiger partial charge in [-0.05, 0) is 23.7 Å². The SMILES string of the molecule is O=C(Nc1cc(Cl)nc(Cl)n1)c1cccn1CC(F)(F)F. The second kappa shape index (κ2) is 5.90. The number of rotatable bonds is 3. The van der Waals surface area contributed by atoms with Gasteiger partial charge in [0.2, 0.25) is 5.28 Å². The van der Waals surface area contributed by atoms with Gasteiger partial charge in [0.1, 0.15) is 23.2 Å². The third-order valence-corrected chi connectivity index (χ3v) is 2.68. The summed E-state index contributed by atoms with van der Waals surface area (Å²) in [4.78, 5) is 19.2. The standard InChI is InChI=1S/C11H7Cl2F3N4O/c12-7-4-8(19-10(13)17-7)18-9(21)6-2-1-3-20(6)5-11(14,15)16/h1-4H,5H2,(H,17,18,19,21). The summed E-state index contributed by atoms with van der Waals surface area (Å²) in [6.07, 6.45) is -3.28. The first-order valence-electron chi connectivity index (χ1n) is 5.48. The predicted molar refractivity (Wildman–Crippen MR) is 70.5 cm³/mol. The summed E-state index contributed by atoms with van der Waals surface area (Å²) in [7, 11) is 0. The monoisotopic (exact) mass is 338 g/mol. The van der Waals surface area contributed by atoms with Crippen LogP contribution < -0.4 is 5.32 Å². The van der Waals surface area contributed by atoms with Gasteiger partial charge in [-0.25, -0.2) is 9.97 Å². The molecule has 0 unspecified atom stereocenters. The minimum atomic E-state index is -4.43. The molecule has 0 atom stereocenters. The first-order valence-corrected chi connectivity index (χ1v) is 6.23. The molecule has 0 fully saturated rings. The molecular weight excluding hydrogens is 332 g/mol. The Morgan fingerprint density at radius 3 is 2.67 bits per heavy atom. The van der Waals surface area contributed by atoms with Crippen LogP contribution in [-0.2, 0) is 6.54 Å². The normalized spacial score (nSPS) is 11.5. The Kier molecular flexibility index (Phi) is 4.38. The van der Waals surface area contributed by atoms with E-state index in [9.17, 15) is 18.0 Å². The number of aromatic nitrogens is 3. The molecule has 112 valence electrons. The molecule has 1 amide bonds. The van der Waals surface area contributed by atoms with Gasteiger partial charge < -0.3 is 9.88 Å². The van der Waals surface area contributed by atoms with Crippen molar-refractivity contribution in [2.45, 2.75) is 12.7 Å². The fraction of sp³-hybridized carbons (Fsp3) is 0.182. The highest BCUT2D eigenvalue weighted by molar-refractivity contribution is 6.32. The van der Waals surface area contributed by atoms with Gasteiger partial charge in [-0.15, -0.1) is 0 Å². The van der Waals surface area contributed by atoms with E-state index in [1.54, 1.807) is 0 Å². The van der Waals surface area contributed by atoms with E-state index in [1.807, 2.05) is 0 Å². The van der Waals surface area contributed by atoms with Crippen LogP contribution >= 0.6 is 23.2 Å². The zero-order valence-corrected chi connectivity index (χ0v) is 11.7. The smallest absolute Gasteiger partial charge is 0.334 e. The van der Waals surface area contributed by atoms with Crippen molar-refractivity contribution >= 4 is 34.9 Å². The van der Waals surface area contributed by atoms with Crippen molar-refractivity contribution in [3.63, 3.8) is 0 Å². The number of halogens is 5. The van der Waals surface area contributed by atoms with Gasteiger partial charge in [0.25, 0.3) is 5.91 Å². The van der Waals surface area contributed by atoms with Crippen LogP contribution in [0.3, 0.4) is 0 Å². The maximum atomic E-state index is 12.4. The van der Waals surface area contributed by atoms with Crippen LogP contribution in [0.1, 0.15) is 10.5 Å². The van der Waals surface area contributed by atoms with E-state index in [1.165, 1.54) is 18.2 Å². The molecule has 0 aromatic carbocycles. The van der Waals surface area contributed by atoms with Crippen molar-refractivity contribution in [3.05, 3.63) is 40.5 Å². The number of hydrogen-bond acceptors (Lipinski definition) is 3. The Balaban J connectivity index is 2.19. The minimum Gasteiger partial charge on any atom is -0.334 e. The summed E-state index contributed by atoms with van der Waals surface area (Å²) < 4.78 is 37.9. The molecule has 1 N–H and O–H groups in total. The maximum Gasteiger partial charge on any atom is 0.406 e. The number of amides is 1. The van der Waals surface area contributed by atoms with E-state index < -0.39 is 18.6 Å². The second-order valence-corrected chi connectivity index (χ2v) is 4.66. The number of hydrogen-bond donors (Lipinski definition) is 1. The van der Waals surface area contributed by atoms with Crippen LogP contribution in [0.2, 0.25) is 10.4 Å². The number of carbonyl (C=O) groups is 1. The van der Waals surface area contributed by atoms with Crippen LogP contribution in [0.5, 0.6) is 0 Å². The molecule has 0 aliphatic carbocycles. The molecule has 2 aromatic rings. The summed E-state index contributed by atoms with van der Waals surface area (Å²) in [5, 5.41) is 2.11. The van der Waals surface area contributed by atoms with Gasteiger partial charge in [-0.1, -0.05) is 11.6 Å². The van der Waals surface area contributed by atoms with Gasteiger partial charge in [0.05, 0.1) is 0 Å². The quantitative estimate of drug-likeness (QED) is 0.689. The van der Waals surface area contributed by atoms with Crippen LogP contribution in [0.25, 0.3) is 0 Å². The molecule has 0 saturated carbocycles. The Bertz CT molecular complexity index is 651. The molecule has 2 rings (SSSR count). The highest BCUT2D eigenvalue weighted by Crippen LogP contribution is 2.20. The van der Waals surface area contributed by atoms with Gasteiger partial charge in [0.15, 0.2) is 0 Å². The molecule has 0 bridgehead atoms. The number of nitrogens with zero attached hydrogens (tertiary/aromatic N) is 3. The fourth-order valence-corrected chi connectivity index (χ4v) is 1.99. The van der Waals surface area contributed by atoms with Crippen LogP contribution in [0.4, 0.5) is 19.0 Å². The van der Waals surface area contributed by atoms with Gasteiger partial charge in [-0.3, -0.25) is 4.79 Å². The zero-order valence-electron chi connectivity index (χ0n) is 10.2. The number of carbonyl (C=O) groups excluding carboxylic acids is 1. The molecule has 0 spiro atoms. The predicted octanol–water partition coefficient (Wildman–Crippen LogP) is 3.40. The lowest BCUT2D eigenvalue weighted by molar-refractivity contribution is -0.140. The zero-order chi connectivity index (χ0) is 15.6. The maximum absolute atomic E-state index is 12.4. The third-order valence-electron chi connectivity index (χ3n) is 2.32. The van der Waals surface area contributed by atoms with Crippen molar-refractivity contribution in [2.75, 3.05) is 5.32 Å². The molecule has 2 aromatic heterocycles. The van der Waals surface area contributed by atoms with E-state index >= 15 is 0 Å². The average Bonchev–Trinajstić information content (AvgIpc) is 2.72. The lowest BCUT2D eigenvalue weighted by atomic mass is 10.4. The Hall–Kier alpha value is -1.80. The van der Waals surface area contributed by atoms with Crippen molar-refractivity contribution < 1.29 is 18.0 Å². The highest BCUT2D eigenvalue weighted by Gasteiger charge is 2.29. The molecule has 2 heterocycles. The summed E-state index contributed by atoms with van der Waals surface area (Å²) >= 11 is 11.2. The Morgan fingerprint density at radius 2 is 2.05 bits per heavy atom. The van der Waals surface area contributed by atoms with E-state index in [-0.39, 0.29) is 21.9 Å². The second-order valence-electron chi connectivity index (χ2n) is 3.94. The summed E-state index contributed by atoms with van der Waals surface area (Å²) in [6, 6.07) is 3.81. The Labute approximate surface area is 126 Å². The summed E-state index contributed by atoms with van der Waals surface area (Å²) in [6.45, 7) is -1.27. The number of alkyl halides is 3. The van der Waals surface area contributed by atoms with Crippen molar-refractivity contribution in [1.82, 2.24) is 14.5 Å². The van der Waals surface area contributed by atoms with Crippen LogP contribution in [-0.4, -0.2) is 26.6 Å². The first kappa shape index (κ1) is 15.6. The molecule has 0 aliphatic heterocycles. The van der Waals surface area contributed by atoms with E-state index in [4.69, 9.17) is 23.2 Å². The van der Waals surface area contributed by atoms with Crippen LogP contribution in [0, 0.1) is 0 Å². The minimum absolute atomic E-state index is 0.00373. The average molecular weight is 339 g/mol. The number of anilines is 1. The van der Waals surface area contributed by atoms with Gasteiger partial charge >= 0.3 is 6.18 Å². The van der Waals surface area contributed by atoms with Crippen LogP contribution in [0.15, 0.2) is 24.4 Å². The molecular formula is C11H7Cl2F3N4O. The molecule has 21 heavy (non-hydrogen) atoms. The van der Waals surface area contributed by atoms with Gasteiger partial charge in [0, 0.05) is 12.3 Å². The van der Waals surface area contributed by atoms with Gasteiger partial charge in [-0.2, -0.15) is 13.2 Å². The van der Waals surface area contributed by atoms with E-state index in [2.05, 4.69) is 15.3 Å². The summed E-state index contributed by atoms with van der Waals surface area (Å²) in [5.74, 6) is -0.778. The third kappa shape index (κ3) is 4.33. The lowest BCUT2D eigenvalue weighted by Crippen LogP contribution is -2.23. The molecule has 0 radical (unpaired) electrons. The Morgan fingerprint density at radius 1 is 1.33 bits per heavy atom. The highest BCUT2D eigenvalue weighted by atomic mass is 35.5. The molecule has 0 aliphatic rings. The number of nitrogens with one attached hydrogen (secondary N) is 1. The topological polar surface area (TPSA) is 59.8 Å². The molecule has 0 saturated heterocycles.